The number of aromatic nitrogens is 2. The van der Waals surface area contributed by atoms with Gasteiger partial charge in [0.25, 0.3) is 0 Å². The van der Waals surface area contributed by atoms with E-state index in [4.69, 9.17) is 5.73 Å². The molecule has 2 heterocycles. The minimum absolute atomic E-state index is 0.426. The third kappa shape index (κ3) is 1.63. The Balaban J connectivity index is 2.22. The van der Waals surface area contributed by atoms with Gasteiger partial charge >= 0.3 is 0 Å². The van der Waals surface area contributed by atoms with Crippen LogP contribution in [-0.4, -0.2) is 20.9 Å². The van der Waals surface area contributed by atoms with Crippen LogP contribution in [0.4, 0.5) is 0 Å². The predicted octanol–water partition coefficient (Wildman–Crippen LogP) is 0.659. The van der Waals surface area contributed by atoms with Crippen LogP contribution in [0.2, 0.25) is 0 Å². The van der Waals surface area contributed by atoms with Crippen molar-refractivity contribution in [1.82, 2.24) is 14.9 Å². The highest BCUT2D eigenvalue weighted by molar-refractivity contribution is 5.22. The molecule has 0 aliphatic carbocycles. The zero-order valence-electron chi connectivity index (χ0n) is 8.70. The molecule has 0 fully saturated rings. The molecule has 0 saturated carbocycles. The molecule has 2 N–H and O–H groups in total. The number of rotatable bonds is 2. The Bertz CT molecular complexity index is 335. The van der Waals surface area contributed by atoms with Gasteiger partial charge in [0.05, 0.1) is 12.2 Å². The lowest BCUT2D eigenvalue weighted by Gasteiger charge is -2.18. The van der Waals surface area contributed by atoms with Crippen molar-refractivity contribution in [3.05, 3.63) is 23.3 Å². The van der Waals surface area contributed by atoms with E-state index in [-0.39, 0.29) is 0 Å². The van der Waals surface area contributed by atoms with E-state index in [0.29, 0.717) is 12.6 Å². The van der Waals surface area contributed by atoms with Gasteiger partial charge in [-0.1, -0.05) is 0 Å². The molecule has 1 aromatic rings. The molecule has 0 bridgehead atoms. The van der Waals surface area contributed by atoms with Crippen LogP contribution in [0.1, 0.15) is 30.9 Å². The molecule has 14 heavy (non-hydrogen) atoms. The van der Waals surface area contributed by atoms with Gasteiger partial charge in [-0.3, -0.25) is 4.90 Å². The van der Waals surface area contributed by atoms with E-state index in [2.05, 4.69) is 28.7 Å². The smallest absolute Gasteiger partial charge is 0.142 e. The molecule has 0 radical (unpaired) electrons. The van der Waals surface area contributed by atoms with Crippen LogP contribution < -0.4 is 5.73 Å². The van der Waals surface area contributed by atoms with Gasteiger partial charge in [-0.25, -0.2) is 9.97 Å². The fourth-order valence-corrected chi connectivity index (χ4v) is 1.68. The molecule has 0 spiro atoms. The number of nitrogens with two attached hydrogens (primary N) is 1. The molecule has 1 aliphatic rings. The Morgan fingerprint density at radius 3 is 2.93 bits per heavy atom. The first-order valence-corrected chi connectivity index (χ1v) is 4.98. The van der Waals surface area contributed by atoms with Gasteiger partial charge in [-0.05, 0) is 13.8 Å². The first-order chi connectivity index (χ1) is 6.70. The maximum Gasteiger partial charge on any atom is 0.142 e. The Morgan fingerprint density at radius 1 is 1.50 bits per heavy atom. The van der Waals surface area contributed by atoms with Crippen LogP contribution >= 0.6 is 0 Å². The fourth-order valence-electron chi connectivity index (χ4n) is 1.68. The third-order valence-electron chi connectivity index (χ3n) is 2.64. The summed E-state index contributed by atoms with van der Waals surface area (Å²) in [6.45, 7) is 6.72. The molecule has 0 saturated heterocycles. The van der Waals surface area contributed by atoms with Gasteiger partial charge in [0.1, 0.15) is 5.82 Å². The van der Waals surface area contributed by atoms with Crippen molar-refractivity contribution in [1.29, 1.82) is 0 Å². The van der Waals surface area contributed by atoms with Gasteiger partial charge in [-0.2, -0.15) is 0 Å². The highest BCUT2D eigenvalue weighted by Gasteiger charge is 2.22. The first-order valence-electron chi connectivity index (χ1n) is 4.98. The summed E-state index contributed by atoms with van der Waals surface area (Å²) in [6, 6.07) is 0.561. The average molecular weight is 192 g/mol. The number of hydrogen-bond acceptors (Lipinski definition) is 4. The largest absolute Gasteiger partial charge is 0.324 e. The van der Waals surface area contributed by atoms with Gasteiger partial charge in [0.2, 0.25) is 0 Å². The molecule has 0 amide bonds. The summed E-state index contributed by atoms with van der Waals surface area (Å²) in [7, 11) is 0. The lowest BCUT2D eigenvalue weighted by Crippen LogP contribution is -2.24. The summed E-state index contributed by atoms with van der Waals surface area (Å²) in [5.41, 5.74) is 7.89. The molecule has 0 atom stereocenters. The van der Waals surface area contributed by atoms with E-state index < -0.39 is 0 Å². The van der Waals surface area contributed by atoms with Gasteiger partial charge in [-0.15, -0.1) is 0 Å². The highest BCUT2D eigenvalue weighted by Crippen LogP contribution is 2.21. The lowest BCUT2D eigenvalue weighted by atomic mass is 10.3. The van der Waals surface area contributed by atoms with Crippen LogP contribution in [0.15, 0.2) is 6.20 Å². The Labute approximate surface area is 84.2 Å². The maximum atomic E-state index is 5.50. The maximum absolute atomic E-state index is 5.50. The number of nitrogens with zero attached hydrogens (tertiary/aromatic N) is 3. The molecule has 76 valence electrons. The summed E-state index contributed by atoms with van der Waals surface area (Å²) in [5.74, 6) is 0.745. The minimum Gasteiger partial charge on any atom is -0.324 e. The molecule has 0 aromatic carbocycles. The van der Waals surface area contributed by atoms with E-state index in [9.17, 15) is 0 Å². The van der Waals surface area contributed by atoms with Crippen LogP contribution in [0.3, 0.4) is 0 Å². The zero-order chi connectivity index (χ0) is 10.1. The lowest BCUT2D eigenvalue weighted by molar-refractivity contribution is 0.226. The average Bonchev–Trinajstić information content (AvgIpc) is 2.59. The molecule has 2 rings (SSSR count). The normalized spacial score (nSPS) is 16.3. The second kappa shape index (κ2) is 3.63. The summed E-state index contributed by atoms with van der Waals surface area (Å²) in [6.07, 6.45) is 1.91. The molecule has 4 nitrogen and oxygen atoms in total. The molecule has 1 aromatic heterocycles. The summed E-state index contributed by atoms with van der Waals surface area (Å²) in [4.78, 5) is 11.0. The Kier molecular flexibility index (Phi) is 2.48. The van der Waals surface area contributed by atoms with Crippen molar-refractivity contribution < 1.29 is 0 Å². The SMILES string of the molecule is CC(C)N1Cc2cnc(CN)nc2C1. The van der Waals surface area contributed by atoms with E-state index in [1.807, 2.05) is 6.20 Å². The Hall–Kier alpha value is -1.00. The van der Waals surface area contributed by atoms with E-state index >= 15 is 0 Å². The Morgan fingerprint density at radius 2 is 2.29 bits per heavy atom. The third-order valence-corrected chi connectivity index (χ3v) is 2.64. The van der Waals surface area contributed by atoms with E-state index in [1.165, 1.54) is 5.56 Å². The van der Waals surface area contributed by atoms with Gasteiger partial charge in [0.15, 0.2) is 0 Å². The topological polar surface area (TPSA) is 55.0 Å². The van der Waals surface area contributed by atoms with Crippen molar-refractivity contribution in [2.75, 3.05) is 0 Å². The van der Waals surface area contributed by atoms with Crippen molar-refractivity contribution in [3.63, 3.8) is 0 Å². The quantitative estimate of drug-likeness (QED) is 0.748. The van der Waals surface area contributed by atoms with Crippen molar-refractivity contribution in [3.8, 4) is 0 Å². The fraction of sp³-hybridized carbons (Fsp3) is 0.600. The summed E-state index contributed by atoms with van der Waals surface area (Å²) < 4.78 is 0. The molecule has 1 aliphatic heterocycles. The van der Waals surface area contributed by atoms with E-state index in [1.54, 1.807) is 0 Å². The van der Waals surface area contributed by atoms with Crippen molar-refractivity contribution in [2.45, 2.75) is 39.5 Å². The van der Waals surface area contributed by atoms with E-state index in [0.717, 1.165) is 24.6 Å². The van der Waals surface area contributed by atoms with Crippen LogP contribution in [0.5, 0.6) is 0 Å². The summed E-state index contributed by atoms with van der Waals surface area (Å²) >= 11 is 0. The van der Waals surface area contributed by atoms with Crippen LogP contribution in [0.25, 0.3) is 0 Å². The molecule has 4 heteroatoms. The monoisotopic (exact) mass is 192 g/mol. The standard InChI is InChI=1S/C10H16N4/c1-7(2)14-5-8-4-12-10(3-11)13-9(8)6-14/h4,7H,3,5-6,11H2,1-2H3. The predicted molar refractivity (Wildman–Crippen MR) is 54.3 cm³/mol. The van der Waals surface area contributed by atoms with Crippen molar-refractivity contribution >= 4 is 0 Å². The highest BCUT2D eigenvalue weighted by atomic mass is 15.2. The number of hydrogen-bond donors (Lipinski definition) is 1. The van der Waals surface area contributed by atoms with Crippen LogP contribution in [0, 0.1) is 0 Å². The molecule has 0 unspecified atom stereocenters. The van der Waals surface area contributed by atoms with Crippen LogP contribution in [-0.2, 0) is 19.6 Å². The van der Waals surface area contributed by atoms with Gasteiger partial charge in [0, 0.05) is 30.9 Å². The minimum atomic E-state index is 0.426. The first kappa shape index (κ1) is 9.55. The van der Waals surface area contributed by atoms with Crippen molar-refractivity contribution in [2.24, 2.45) is 5.73 Å². The number of fused-ring (bicyclic) bond motifs is 1. The van der Waals surface area contributed by atoms with Gasteiger partial charge < -0.3 is 5.73 Å². The molecular weight excluding hydrogens is 176 g/mol. The second-order valence-corrected chi connectivity index (χ2v) is 3.96. The molecular formula is C10H16N4. The zero-order valence-corrected chi connectivity index (χ0v) is 8.70. The summed E-state index contributed by atoms with van der Waals surface area (Å²) in [5, 5.41) is 0. The second-order valence-electron chi connectivity index (χ2n) is 3.96.